The topological polar surface area (TPSA) is 163 Å². The van der Waals surface area contributed by atoms with Gasteiger partial charge in [-0.15, -0.1) is 0 Å². The zero-order chi connectivity index (χ0) is 29.0. The molecule has 11 nitrogen and oxygen atoms in total. The molecule has 13 heteroatoms. The Morgan fingerprint density at radius 2 is 1.76 bits per heavy atom. The summed E-state index contributed by atoms with van der Waals surface area (Å²) >= 11 is 1.13. The number of amidine groups is 2. The van der Waals surface area contributed by atoms with Gasteiger partial charge in [0.2, 0.25) is 21.8 Å². The smallest absolute Gasteiger partial charge is 0.259 e. The Bertz CT molecular complexity index is 1500. The SMILES string of the molecule is NS(=O)(=O)c1ccc(CCNC(=O)CSC2=Nc3ccccc3C3=N[C@@H](CC(=O)NC4CCCCC4)C(=O)N23)cc1. The molecule has 0 unspecified atom stereocenters. The molecule has 3 aliphatic rings. The molecule has 2 heterocycles. The van der Waals surface area contributed by atoms with Crippen LogP contribution in [0.4, 0.5) is 5.69 Å². The minimum absolute atomic E-state index is 0.0231. The Morgan fingerprint density at radius 1 is 1.02 bits per heavy atom. The van der Waals surface area contributed by atoms with Gasteiger partial charge < -0.3 is 10.6 Å². The van der Waals surface area contributed by atoms with Gasteiger partial charge in [0.1, 0.15) is 11.9 Å². The largest absolute Gasteiger partial charge is 0.355 e. The van der Waals surface area contributed by atoms with Gasteiger partial charge >= 0.3 is 0 Å². The third kappa shape index (κ3) is 7.03. The second-order valence-electron chi connectivity index (χ2n) is 10.2. The lowest BCUT2D eigenvalue weighted by Crippen LogP contribution is -2.43. The van der Waals surface area contributed by atoms with Crippen molar-refractivity contribution in [3.8, 4) is 0 Å². The highest BCUT2D eigenvalue weighted by atomic mass is 32.2. The van der Waals surface area contributed by atoms with E-state index in [0.717, 1.165) is 43.0 Å². The van der Waals surface area contributed by atoms with Gasteiger partial charge in [-0.3, -0.25) is 19.4 Å². The van der Waals surface area contributed by atoms with Crippen LogP contribution in [0.5, 0.6) is 0 Å². The number of amides is 3. The summed E-state index contributed by atoms with van der Waals surface area (Å²) in [6.45, 7) is 0.344. The summed E-state index contributed by atoms with van der Waals surface area (Å²) in [4.78, 5) is 49.5. The van der Waals surface area contributed by atoms with Gasteiger partial charge in [0.25, 0.3) is 5.91 Å². The number of aliphatic imine (C=N–C) groups is 2. The molecule has 0 aromatic heterocycles. The normalized spacial score (nSPS) is 18.7. The molecule has 216 valence electrons. The molecule has 2 aliphatic heterocycles. The number of para-hydroxylation sites is 1. The van der Waals surface area contributed by atoms with E-state index in [9.17, 15) is 22.8 Å². The van der Waals surface area contributed by atoms with Crippen molar-refractivity contribution >= 4 is 56.2 Å². The third-order valence-corrected chi connectivity index (χ3v) is 9.08. The highest BCUT2D eigenvalue weighted by molar-refractivity contribution is 8.14. The molecule has 0 radical (unpaired) electrons. The molecule has 0 spiro atoms. The van der Waals surface area contributed by atoms with Crippen LogP contribution in [0.25, 0.3) is 0 Å². The number of fused-ring (bicyclic) bond motifs is 3. The number of nitrogens with zero attached hydrogens (tertiary/aromatic N) is 3. The summed E-state index contributed by atoms with van der Waals surface area (Å²) in [5, 5.41) is 11.4. The lowest BCUT2D eigenvalue weighted by Gasteiger charge is -2.25. The van der Waals surface area contributed by atoms with E-state index in [0.29, 0.717) is 35.2 Å². The number of thioether (sulfide) groups is 1. The van der Waals surface area contributed by atoms with Crippen molar-refractivity contribution in [2.45, 2.75) is 61.9 Å². The summed E-state index contributed by atoms with van der Waals surface area (Å²) in [6, 6.07) is 12.8. The fraction of sp³-hybridized carbons (Fsp3) is 0.393. The lowest BCUT2D eigenvalue weighted by atomic mass is 9.95. The van der Waals surface area contributed by atoms with Gasteiger partial charge in [0.15, 0.2) is 5.17 Å². The van der Waals surface area contributed by atoms with Crippen LogP contribution < -0.4 is 15.8 Å². The van der Waals surface area contributed by atoms with Crippen molar-refractivity contribution in [1.29, 1.82) is 0 Å². The molecule has 2 aromatic rings. The van der Waals surface area contributed by atoms with Crippen LogP contribution in [0.15, 0.2) is 63.4 Å². The van der Waals surface area contributed by atoms with Gasteiger partial charge in [-0.1, -0.05) is 55.3 Å². The van der Waals surface area contributed by atoms with Gasteiger partial charge in [-0.25, -0.2) is 23.4 Å². The van der Waals surface area contributed by atoms with Crippen molar-refractivity contribution < 1.29 is 22.8 Å². The Morgan fingerprint density at radius 3 is 2.49 bits per heavy atom. The molecule has 1 aliphatic carbocycles. The van der Waals surface area contributed by atoms with Crippen molar-refractivity contribution in [3.63, 3.8) is 0 Å². The molecule has 1 fully saturated rings. The Balaban J connectivity index is 1.19. The van der Waals surface area contributed by atoms with Crippen LogP contribution in [-0.4, -0.2) is 66.4 Å². The molecule has 5 rings (SSSR count). The van der Waals surface area contributed by atoms with Crippen molar-refractivity contribution in [1.82, 2.24) is 15.5 Å². The standard InChI is InChI=1S/C28H32N6O5S2/c29-41(38,39)20-12-10-18(11-13-20)14-15-30-25(36)17-40-28-33-22-9-5-4-8-21(22)26-32-23(27(37)34(26)28)16-24(35)31-19-6-2-1-3-7-19/h4-5,8-13,19,23H,1-3,6-7,14-17H2,(H,30,36)(H,31,35)(H2,29,38,39)/t23-/m0/s1. The molecular formula is C28H32N6O5S2. The first-order valence-corrected chi connectivity index (χ1v) is 16.1. The number of primary sulfonamides is 1. The number of hydrogen-bond acceptors (Lipinski definition) is 8. The molecule has 3 amide bonds. The lowest BCUT2D eigenvalue weighted by molar-refractivity contribution is -0.129. The number of hydrogen-bond donors (Lipinski definition) is 3. The predicted molar refractivity (Wildman–Crippen MR) is 157 cm³/mol. The fourth-order valence-electron chi connectivity index (χ4n) is 5.11. The summed E-state index contributed by atoms with van der Waals surface area (Å²) in [5.74, 6) is -0.288. The minimum Gasteiger partial charge on any atom is -0.355 e. The number of nitrogens with one attached hydrogen (secondary N) is 2. The Hall–Kier alpha value is -3.55. The molecular weight excluding hydrogens is 564 g/mol. The Kier molecular flexibility index (Phi) is 8.85. The zero-order valence-electron chi connectivity index (χ0n) is 22.4. The van der Waals surface area contributed by atoms with E-state index in [1.165, 1.54) is 23.5 Å². The number of sulfonamides is 1. The fourth-order valence-corrected chi connectivity index (χ4v) is 6.46. The quantitative estimate of drug-likeness (QED) is 0.402. The van der Waals surface area contributed by atoms with E-state index in [2.05, 4.69) is 20.6 Å². The van der Waals surface area contributed by atoms with Gasteiger partial charge in [-0.2, -0.15) is 0 Å². The highest BCUT2D eigenvalue weighted by Crippen LogP contribution is 2.34. The first kappa shape index (κ1) is 29.0. The number of benzene rings is 2. The molecule has 1 atom stereocenters. The van der Waals surface area contributed by atoms with Crippen LogP contribution in [0.2, 0.25) is 0 Å². The molecule has 0 bridgehead atoms. The average molecular weight is 597 g/mol. The maximum atomic E-state index is 13.4. The summed E-state index contributed by atoms with van der Waals surface area (Å²) < 4.78 is 22.8. The maximum absolute atomic E-state index is 13.4. The minimum atomic E-state index is -3.76. The monoisotopic (exact) mass is 596 g/mol. The molecule has 2 aromatic carbocycles. The third-order valence-electron chi connectivity index (χ3n) is 7.22. The Labute approximate surface area is 243 Å². The summed E-state index contributed by atoms with van der Waals surface area (Å²) in [7, 11) is -3.76. The van der Waals surface area contributed by atoms with Gasteiger partial charge in [0.05, 0.1) is 22.8 Å². The van der Waals surface area contributed by atoms with E-state index in [-0.39, 0.29) is 40.8 Å². The summed E-state index contributed by atoms with van der Waals surface area (Å²) in [6.07, 6.45) is 5.76. The molecule has 0 saturated heterocycles. The van der Waals surface area contributed by atoms with Crippen molar-refractivity contribution in [2.24, 2.45) is 15.1 Å². The highest BCUT2D eigenvalue weighted by Gasteiger charge is 2.42. The van der Waals surface area contributed by atoms with E-state index < -0.39 is 16.1 Å². The number of nitrogens with two attached hydrogens (primary N) is 1. The van der Waals surface area contributed by atoms with Crippen LogP contribution in [0.1, 0.15) is 49.7 Å². The second-order valence-corrected chi connectivity index (χ2v) is 12.7. The number of carbonyl (C=O) groups is 3. The molecule has 41 heavy (non-hydrogen) atoms. The van der Waals surface area contributed by atoms with Gasteiger partial charge in [0, 0.05) is 18.2 Å². The van der Waals surface area contributed by atoms with Gasteiger partial charge in [-0.05, 0) is 49.1 Å². The van der Waals surface area contributed by atoms with Crippen LogP contribution in [0.3, 0.4) is 0 Å². The average Bonchev–Trinajstić information content (AvgIpc) is 3.28. The molecule has 4 N–H and O–H groups in total. The number of carbonyl (C=O) groups excluding carboxylic acids is 3. The first-order chi connectivity index (χ1) is 19.7. The maximum Gasteiger partial charge on any atom is 0.259 e. The van der Waals surface area contributed by atoms with E-state index in [1.54, 1.807) is 12.1 Å². The van der Waals surface area contributed by atoms with E-state index in [1.807, 2.05) is 24.3 Å². The molecule has 1 saturated carbocycles. The van der Waals surface area contributed by atoms with Crippen LogP contribution in [-0.2, 0) is 30.8 Å². The summed E-state index contributed by atoms with van der Waals surface area (Å²) in [5.41, 5.74) is 2.20. The van der Waals surface area contributed by atoms with Crippen LogP contribution in [0, 0.1) is 0 Å². The first-order valence-electron chi connectivity index (χ1n) is 13.6. The predicted octanol–water partition coefficient (Wildman–Crippen LogP) is 2.22. The number of rotatable bonds is 9. The van der Waals surface area contributed by atoms with Crippen molar-refractivity contribution in [3.05, 3.63) is 59.7 Å². The van der Waals surface area contributed by atoms with Crippen molar-refractivity contribution in [2.75, 3.05) is 12.3 Å². The van der Waals surface area contributed by atoms with E-state index in [4.69, 9.17) is 5.14 Å². The van der Waals surface area contributed by atoms with Crippen LogP contribution >= 0.6 is 11.8 Å². The zero-order valence-corrected chi connectivity index (χ0v) is 24.0. The second kappa shape index (κ2) is 12.5. The van der Waals surface area contributed by atoms with E-state index >= 15 is 0 Å².